The Labute approximate surface area is 122 Å². The number of nitrogens with zero attached hydrogens (tertiary/aromatic N) is 1. The van der Waals surface area contributed by atoms with E-state index in [1.165, 1.54) is 17.0 Å². The first kappa shape index (κ1) is 13.4. The van der Waals surface area contributed by atoms with Crippen LogP contribution in [0.1, 0.15) is 22.2 Å². The molecule has 0 amide bonds. The lowest BCUT2D eigenvalue weighted by atomic mass is 10.1. The number of anilines is 1. The van der Waals surface area contributed by atoms with Crippen molar-refractivity contribution in [3.8, 4) is 0 Å². The number of nitrogens with one attached hydrogen (secondary N) is 1. The summed E-state index contributed by atoms with van der Waals surface area (Å²) in [5.74, 6) is -0.811. The van der Waals surface area contributed by atoms with Crippen molar-refractivity contribution in [1.29, 1.82) is 0 Å². The molecule has 1 aromatic carbocycles. The SMILES string of the molecule is CCc1c(C(=O)O)sc2cccc(N3CCNCC3)c12. The van der Waals surface area contributed by atoms with Crippen LogP contribution in [0.5, 0.6) is 0 Å². The Hall–Kier alpha value is -1.59. The molecular formula is C15H18N2O2S. The van der Waals surface area contributed by atoms with Gasteiger partial charge in [0.25, 0.3) is 0 Å². The van der Waals surface area contributed by atoms with E-state index >= 15 is 0 Å². The molecule has 1 aromatic heterocycles. The summed E-state index contributed by atoms with van der Waals surface area (Å²) in [5, 5.41) is 13.9. The van der Waals surface area contributed by atoms with Crippen LogP contribution in [0.25, 0.3) is 10.1 Å². The summed E-state index contributed by atoms with van der Waals surface area (Å²) in [4.78, 5) is 14.3. The smallest absolute Gasteiger partial charge is 0.346 e. The molecule has 0 saturated carbocycles. The number of fused-ring (bicyclic) bond motifs is 1. The molecule has 2 aromatic rings. The van der Waals surface area contributed by atoms with Gasteiger partial charge in [-0.05, 0) is 24.1 Å². The lowest BCUT2D eigenvalue weighted by molar-refractivity contribution is 0.0701. The van der Waals surface area contributed by atoms with Crippen LogP contribution < -0.4 is 10.2 Å². The Bertz CT molecular complexity index is 645. The molecule has 1 aliphatic rings. The van der Waals surface area contributed by atoms with Gasteiger partial charge in [-0.2, -0.15) is 0 Å². The third-order valence-corrected chi connectivity index (χ3v) is 4.98. The fraction of sp³-hybridized carbons (Fsp3) is 0.400. The van der Waals surface area contributed by atoms with Crippen molar-refractivity contribution in [2.24, 2.45) is 0 Å². The van der Waals surface area contributed by atoms with E-state index < -0.39 is 5.97 Å². The quantitative estimate of drug-likeness (QED) is 0.912. The Kier molecular flexibility index (Phi) is 3.63. The number of benzene rings is 1. The topological polar surface area (TPSA) is 52.6 Å². The highest BCUT2D eigenvalue weighted by Crippen LogP contribution is 2.38. The standard InChI is InChI=1S/C15H18N2O2S/c1-2-10-13-11(17-8-6-16-7-9-17)4-3-5-12(13)20-14(10)15(18)19/h3-5,16H,2,6-9H2,1H3,(H,18,19). The minimum absolute atomic E-state index is 0.491. The van der Waals surface area contributed by atoms with Gasteiger partial charge in [0.1, 0.15) is 4.88 Å². The molecule has 1 aliphatic heterocycles. The van der Waals surface area contributed by atoms with Gasteiger partial charge in [-0.3, -0.25) is 0 Å². The highest BCUT2D eigenvalue weighted by Gasteiger charge is 2.21. The van der Waals surface area contributed by atoms with E-state index in [0.717, 1.165) is 48.2 Å². The average molecular weight is 290 g/mol. The first-order chi connectivity index (χ1) is 9.72. The molecule has 0 atom stereocenters. The van der Waals surface area contributed by atoms with Crippen molar-refractivity contribution < 1.29 is 9.90 Å². The average Bonchev–Trinajstić information content (AvgIpc) is 2.87. The van der Waals surface area contributed by atoms with E-state index in [1.807, 2.05) is 19.1 Å². The van der Waals surface area contributed by atoms with E-state index in [1.54, 1.807) is 0 Å². The van der Waals surface area contributed by atoms with E-state index in [0.29, 0.717) is 4.88 Å². The number of hydrogen-bond donors (Lipinski definition) is 2. The molecule has 1 fully saturated rings. The molecule has 2 heterocycles. The number of carboxylic acid groups (broad SMARTS) is 1. The van der Waals surface area contributed by atoms with Gasteiger partial charge in [0, 0.05) is 42.0 Å². The predicted molar refractivity (Wildman–Crippen MR) is 83.2 cm³/mol. The molecule has 0 aliphatic carbocycles. The van der Waals surface area contributed by atoms with Crippen LogP contribution in [0.15, 0.2) is 18.2 Å². The highest BCUT2D eigenvalue weighted by atomic mass is 32.1. The van der Waals surface area contributed by atoms with Gasteiger partial charge < -0.3 is 15.3 Å². The van der Waals surface area contributed by atoms with Crippen LogP contribution in [0, 0.1) is 0 Å². The van der Waals surface area contributed by atoms with Crippen molar-refractivity contribution in [3.63, 3.8) is 0 Å². The van der Waals surface area contributed by atoms with Gasteiger partial charge in [0.2, 0.25) is 0 Å². The maximum Gasteiger partial charge on any atom is 0.346 e. The van der Waals surface area contributed by atoms with Crippen molar-refractivity contribution in [3.05, 3.63) is 28.6 Å². The van der Waals surface area contributed by atoms with Gasteiger partial charge in [-0.1, -0.05) is 13.0 Å². The van der Waals surface area contributed by atoms with Crippen molar-refractivity contribution in [2.45, 2.75) is 13.3 Å². The fourth-order valence-corrected chi connectivity index (χ4v) is 4.03. The fourth-order valence-electron chi connectivity index (χ4n) is 2.87. The van der Waals surface area contributed by atoms with E-state index in [9.17, 15) is 9.90 Å². The Morgan fingerprint density at radius 1 is 1.40 bits per heavy atom. The Morgan fingerprint density at radius 2 is 2.15 bits per heavy atom. The first-order valence-corrected chi connectivity index (χ1v) is 7.77. The lowest BCUT2D eigenvalue weighted by Gasteiger charge is -2.30. The molecule has 0 spiro atoms. The summed E-state index contributed by atoms with van der Waals surface area (Å²) in [5.41, 5.74) is 2.16. The largest absolute Gasteiger partial charge is 0.477 e. The lowest BCUT2D eigenvalue weighted by Crippen LogP contribution is -2.43. The second kappa shape index (κ2) is 5.42. The zero-order valence-corrected chi connectivity index (χ0v) is 12.3. The maximum atomic E-state index is 11.4. The minimum atomic E-state index is -0.811. The molecule has 2 N–H and O–H groups in total. The Balaban J connectivity index is 2.19. The van der Waals surface area contributed by atoms with Gasteiger partial charge in [-0.25, -0.2) is 4.79 Å². The Morgan fingerprint density at radius 3 is 2.80 bits per heavy atom. The van der Waals surface area contributed by atoms with Gasteiger partial charge in [0.15, 0.2) is 0 Å². The van der Waals surface area contributed by atoms with Crippen LogP contribution in [-0.4, -0.2) is 37.3 Å². The molecule has 4 nitrogen and oxygen atoms in total. The monoisotopic (exact) mass is 290 g/mol. The molecule has 106 valence electrons. The number of piperazine rings is 1. The summed E-state index contributed by atoms with van der Waals surface area (Å²) in [6, 6.07) is 6.17. The first-order valence-electron chi connectivity index (χ1n) is 6.95. The normalized spacial score (nSPS) is 15.8. The zero-order chi connectivity index (χ0) is 14.1. The second-order valence-electron chi connectivity index (χ2n) is 4.96. The number of aryl methyl sites for hydroxylation is 1. The molecule has 20 heavy (non-hydrogen) atoms. The van der Waals surface area contributed by atoms with Gasteiger partial charge in [-0.15, -0.1) is 11.3 Å². The summed E-state index contributed by atoms with van der Waals surface area (Å²) >= 11 is 1.39. The van der Waals surface area contributed by atoms with Crippen LogP contribution in [0.3, 0.4) is 0 Å². The van der Waals surface area contributed by atoms with Crippen LogP contribution >= 0.6 is 11.3 Å². The summed E-state index contributed by atoms with van der Waals surface area (Å²) in [6.07, 6.45) is 0.755. The number of carboxylic acids is 1. The van der Waals surface area contributed by atoms with Gasteiger partial charge in [0.05, 0.1) is 0 Å². The zero-order valence-electron chi connectivity index (χ0n) is 11.5. The second-order valence-corrected chi connectivity index (χ2v) is 6.01. The van der Waals surface area contributed by atoms with E-state index in [-0.39, 0.29) is 0 Å². The molecule has 5 heteroatoms. The number of hydrogen-bond acceptors (Lipinski definition) is 4. The van der Waals surface area contributed by atoms with Crippen LogP contribution in [0.2, 0.25) is 0 Å². The van der Waals surface area contributed by atoms with E-state index in [4.69, 9.17) is 0 Å². The van der Waals surface area contributed by atoms with Crippen molar-refractivity contribution >= 4 is 33.1 Å². The third-order valence-electron chi connectivity index (χ3n) is 3.80. The van der Waals surface area contributed by atoms with Crippen molar-refractivity contribution in [2.75, 3.05) is 31.1 Å². The minimum Gasteiger partial charge on any atom is -0.477 e. The maximum absolute atomic E-state index is 11.4. The summed E-state index contributed by atoms with van der Waals surface area (Å²) in [6.45, 7) is 5.94. The summed E-state index contributed by atoms with van der Waals surface area (Å²) in [7, 11) is 0. The molecular weight excluding hydrogens is 272 g/mol. The van der Waals surface area contributed by atoms with Gasteiger partial charge >= 0.3 is 5.97 Å². The molecule has 0 unspecified atom stereocenters. The third kappa shape index (κ3) is 2.17. The summed E-state index contributed by atoms with van der Waals surface area (Å²) < 4.78 is 1.08. The number of carbonyl (C=O) groups is 1. The van der Waals surface area contributed by atoms with Crippen LogP contribution in [-0.2, 0) is 6.42 Å². The highest BCUT2D eigenvalue weighted by molar-refractivity contribution is 7.21. The van der Waals surface area contributed by atoms with Crippen LogP contribution in [0.4, 0.5) is 5.69 Å². The molecule has 0 bridgehead atoms. The van der Waals surface area contributed by atoms with Crippen molar-refractivity contribution in [1.82, 2.24) is 5.32 Å². The molecule has 0 radical (unpaired) electrons. The molecule has 3 rings (SSSR count). The number of aromatic carboxylic acids is 1. The predicted octanol–water partition coefficient (Wildman–Crippen LogP) is 2.57. The molecule has 1 saturated heterocycles. The number of rotatable bonds is 3. The van der Waals surface area contributed by atoms with E-state index in [2.05, 4.69) is 16.3 Å². The number of thiophene rings is 1.